The SMILES string of the molecule is CC[NH+](CN1C(=O)N[C@]2(CCCC[C@@H]2C)C1=O)[C@@H]1CCS(=O)(=O)C1. The molecule has 1 unspecified atom stereocenters. The third kappa shape index (κ3) is 2.94. The fraction of sp³-hybridized carbons (Fsp3) is 0.875. The van der Waals surface area contributed by atoms with Gasteiger partial charge in [-0.25, -0.2) is 18.1 Å². The van der Waals surface area contributed by atoms with Gasteiger partial charge in [-0.15, -0.1) is 0 Å². The maximum Gasteiger partial charge on any atom is 0.329 e. The summed E-state index contributed by atoms with van der Waals surface area (Å²) in [7, 11) is -2.97. The van der Waals surface area contributed by atoms with Gasteiger partial charge >= 0.3 is 6.03 Å². The number of quaternary nitrogens is 1. The van der Waals surface area contributed by atoms with E-state index in [1.54, 1.807) is 0 Å². The van der Waals surface area contributed by atoms with Gasteiger partial charge in [0.1, 0.15) is 17.3 Å². The van der Waals surface area contributed by atoms with Crippen LogP contribution in [0.4, 0.5) is 4.79 Å². The Morgan fingerprint density at radius 3 is 2.62 bits per heavy atom. The van der Waals surface area contributed by atoms with Crippen molar-refractivity contribution in [3.05, 3.63) is 0 Å². The fourth-order valence-corrected chi connectivity index (χ4v) is 6.31. The minimum atomic E-state index is -2.97. The average molecular weight is 358 g/mol. The van der Waals surface area contributed by atoms with Crippen LogP contribution in [-0.4, -0.2) is 61.6 Å². The predicted molar refractivity (Wildman–Crippen MR) is 89.2 cm³/mol. The van der Waals surface area contributed by atoms with E-state index < -0.39 is 15.4 Å². The zero-order valence-electron chi connectivity index (χ0n) is 14.5. The van der Waals surface area contributed by atoms with Crippen LogP contribution in [0.1, 0.15) is 46.0 Å². The van der Waals surface area contributed by atoms with E-state index in [0.717, 1.165) is 24.2 Å². The predicted octanol–water partition coefficient (Wildman–Crippen LogP) is -0.463. The number of hydrogen-bond acceptors (Lipinski definition) is 4. The molecule has 3 aliphatic rings. The second-order valence-electron chi connectivity index (χ2n) is 7.55. The molecule has 0 bridgehead atoms. The van der Waals surface area contributed by atoms with Crippen LogP contribution in [0.3, 0.4) is 0 Å². The Labute approximate surface area is 143 Å². The first-order chi connectivity index (χ1) is 11.3. The molecule has 7 nitrogen and oxygen atoms in total. The van der Waals surface area contributed by atoms with Crippen molar-refractivity contribution in [3.63, 3.8) is 0 Å². The number of carbonyl (C=O) groups excluding carboxylic acids is 2. The van der Waals surface area contributed by atoms with Gasteiger partial charge in [0.25, 0.3) is 5.91 Å². The van der Waals surface area contributed by atoms with E-state index in [9.17, 15) is 18.0 Å². The van der Waals surface area contributed by atoms with E-state index in [1.165, 1.54) is 4.90 Å². The number of amides is 3. The Morgan fingerprint density at radius 2 is 2.04 bits per heavy atom. The van der Waals surface area contributed by atoms with Crippen LogP contribution < -0.4 is 10.2 Å². The highest BCUT2D eigenvalue weighted by Crippen LogP contribution is 2.37. The first-order valence-electron chi connectivity index (χ1n) is 8.98. The number of nitrogens with zero attached hydrogens (tertiary/aromatic N) is 1. The molecule has 8 heteroatoms. The van der Waals surface area contributed by atoms with Gasteiger partial charge in [0.05, 0.1) is 12.3 Å². The van der Waals surface area contributed by atoms with Gasteiger partial charge in [-0.3, -0.25) is 4.79 Å². The van der Waals surface area contributed by atoms with Gasteiger partial charge in [0.15, 0.2) is 16.5 Å². The molecular weight excluding hydrogens is 330 g/mol. The molecule has 136 valence electrons. The maximum atomic E-state index is 13.0. The summed E-state index contributed by atoms with van der Waals surface area (Å²) in [5.74, 6) is 0.389. The molecule has 24 heavy (non-hydrogen) atoms. The first kappa shape index (κ1) is 17.7. The standard InChI is InChI=1S/C16H27N3O4S/c1-3-18(13-7-9-24(22,23)10-13)11-19-14(20)16(17-15(19)21)8-5-4-6-12(16)2/h12-13H,3-11H2,1-2H3,(H,17,21)/p+1/t12-,13+,16-/m0/s1. The van der Waals surface area contributed by atoms with E-state index in [1.807, 2.05) is 13.8 Å². The molecule has 3 fully saturated rings. The second kappa shape index (κ2) is 6.29. The number of sulfone groups is 1. The Balaban J connectivity index is 1.74. The van der Waals surface area contributed by atoms with Crippen LogP contribution in [0.5, 0.6) is 0 Å². The highest BCUT2D eigenvalue weighted by atomic mass is 32.2. The molecule has 2 aliphatic heterocycles. The highest BCUT2D eigenvalue weighted by Gasteiger charge is 2.56. The van der Waals surface area contributed by atoms with Crippen molar-refractivity contribution in [2.24, 2.45) is 5.92 Å². The molecule has 3 amide bonds. The molecule has 3 rings (SSSR count). The monoisotopic (exact) mass is 358 g/mol. The molecule has 2 heterocycles. The Morgan fingerprint density at radius 1 is 1.29 bits per heavy atom. The summed E-state index contributed by atoms with van der Waals surface area (Å²) in [5.41, 5.74) is -0.740. The van der Waals surface area contributed by atoms with Gasteiger partial charge in [-0.1, -0.05) is 19.8 Å². The van der Waals surface area contributed by atoms with E-state index >= 15 is 0 Å². The van der Waals surface area contributed by atoms with Crippen molar-refractivity contribution < 1.29 is 22.9 Å². The van der Waals surface area contributed by atoms with Crippen molar-refractivity contribution >= 4 is 21.8 Å². The fourth-order valence-electron chi connectivity index (χ4n) is 4.49. The summed E-state index contributed by atoms with van der Waals surface area (Å²) in [4.78, 5) is 27.8. The quantitative estimate of drug-likeness (QED) is 0.666. The number of rotatable bonds is 4. The van der Waals surface area contributed by atoms with Crippen LogP contribution in [0, 0.1) is 5.92 Å². The molecular formula is C16H28N3O4S+. The molecule has 1 spiro atoms. The van der Waals surface area contributed by atoms with Crippen molar-refractivity contribution in [2.75, 3.05) is 24.7 Å². The number of imide groups is 1. The summed E-state index contributed by atoms with van der Waals surface area (Å²) >= 11 is 0. The van der Waals surface area contributed by atoms with E-state index in [2.05, 4.69) is 5.32 Å². The summed E-state index contributed by atoms with van der Waals surface area (Å²) in [5, 5.41) is 2.96. The van der Waals surface area contributed by atoms with Gasteiger partial charge in [0, 0.05) is 6.42 Å². The Hall–Kier alpha value is -1.15. The normalized spacial score (nSPS) is 37.0. The van der Waals surface area contributed by atoms with E-state index in [0.29, 0.717) is 19.4 Å². The van der Waals surface area contributed by atoms with Crippen LogP contribution in [0.25, 0.3) is 0 Å². The molecule has 0 aromatic heterocycles. The van der Waals surface area contributed by atoms with Gasteiger partial charge in [-0.2, -0.15) is 0 Å². The summed E-state index contributed by atoms with van der Waals surface area (Å²) in [6, 6.07) is -0.346. The lowest BCUT2D eigenvalue weighted by Gasteiger charge is -2.37. The highest BCUT2D eigenvalue weighted by molar-refractivity contribution is 7.91. The molecule has 1 saturated carbocycles. The van der Waals surface area contributed by atoms with Crippen LogP contribution >= 0.6 is 0 Å². The summed E-state index contributed by atoms with van der Waals surface area (Å²) in [6.45, 7) is 4.96. The lowest BCUT2D eigenvalue weighted by atomic mass is 9.73. The van der Waals surface area contributed by atoms with Crippen molar-refractivity contribution in [1.82, 2.24) is 10.2 Å². The minimum Gasteiger partial charge on any atom is -0.323 e. The third-order valence-electron chi connectivity index (χ3n) is 6.13. The minimum absolute atomic E-state index is 0.0269. The maximum absolute atomic E-state index is 13.0. The number of urea groups is 1. The van der Waals surface area contributed by atoms with Gasteiger partial charge < -0.3 is 10.2 Å². The average Bonchev–Trinajstić information content (AvgIpc) is 3.00. The largest absolute Gasteiger partial charge is 0.329 e. The van der Waals surface area contributed by atoms with E-state index in [-0.39, 0.29) is 42.1 Å². The smallest absolute Gasteiger partial charge is 0.323 e. The zero-order chi connectivity index (χ0) is 17.5. The topological polar surface area (TPSA) is 88.0 Å². The lowest BCUT2D eigenvalue weighted by molar-refractivity contribution is -0.927. The van der Waals surface area contributed by atoms with Crippen LogP contribution in [0.15, 0.2) is 0 Å². The Bertz CT molecular complexity index is 635. The van der Waals surface area contributed by atoms with Crippen LogP contribution in [-0.2, 0) is 14.6 Å². The molecule has 0 radical (unpaired) electrons. The van der Waals surface area contributed by atoms with Crippen LogP contribution in [0.2, 0.25) is 0 Å². The zero-order valence-corrected chi connectivity index (χ0v) is 15.3. The number of nitrogens with one attached hydrogen (secondary N) is 2. The molecule has 0 aromatic rings. The molecule has 0 aromatic carbocycles. The first-order valence-corrected chi connectivity index (χ1v) is 10.8. The molecule has 2 N–H and O–H groups in total. The van der Waals surface area contributed by atoms with E-state index in [4.69, 9.17) is 0 Å². The van der Waals surface area contributed by atoms with Gasteiger partial charge in [-0.05, 0) is 25.7 Å². The summed E-state index contributed by atoms with van der Waals surface area (Å²) in [6.07, 6.45) is 4.31. The Kier molecular flexibility index (Phi) is 4.63. The van der Waals surface area contributed by atoms with Gasteiger partial charge in [0.2, 0.25) is 0 Å². The molecule has 1 aliphatic carbocycles. The van der Waals surface area contributed by atoms with Crippen molar-refractivity contribution in [2.45, 2.75) is 57.5 Å². The van der Waals surface area contributed by atoms with Crippen molar-refractivity contribution in [1.29, 1.82) is 0 Å². The second-order valence-corrected chi connectivity index (χ2v) is 9.78. The molecule has 4 atom stereocenters. The lowest BCUT2D eigenvalue weighted by Crippen LogP contribution is -3.17. The number of carbonyl (C=O) groups is 2. The summed E-state index contributed by atoms with van der Waals surface area (Å²) < 4.78 is 23.5. The van der Waals surface area contributed by atoms with Crippen molar-refractivity contribution in [3.8, 4) is 0 Å². The number of hydrogen-bond donors (Lipinski definition) is 2. The third-order valence-corrected chi connectivity index (χ3v) is 7.89. The molecule has 2 saturated heterocycles.